The molecule has 0 bridgehead atoms. The predicted octanol–water partition coefficient (Wildman–Crippen LogP) is 3.45. The van der Waals surface area contributed by atoms with E-state index in [-0.39, 0.29) is 0 Å². The van der Waals surface area contributed by atoms with Gasteiger partial charge >= 0.3 is 0 Å². The molecule has 0 amide bonds. The predicted molar refractivity (Wildman–Crippen MR) is 82.0 cm³/mol. The van der Waals surface area contributed by atoms with E-state index in [0.29, 0.717) is 0 Å². The number of hydrogen-bond acceptors (Lipinski definition) is 5. The van der Waals surface area contributed by atoms with Crippen molar-refractivity contribution in [1.29, 1.82) is 0 Å². The summed E-state index contributed by atoms with van der Waals surface area (Å²) in [6, 6.07) is 4.19. The monoisotopic (exact) mass is 276 g/mol. The van der Waals surface area contributed by atoms with Crippen LogP contribution in [-0.4, -0.2) is 17.0 Å². The van der Waals surface area contributed by atoms with Crippen LogP contribution < -0.4 is 10.6 Å². The number of aryl methyl sites for hydroxylation is 1. The van der Waals surface area contributed by atoms with Gasteiger partial charge in [0.1, 0.15) is 17.5 Å². The molecule has 0 aliphatic carbocycles. The molecule has 0 spiro atoms. The van der Waals surface area contributed by atoms with Gasteiger partial charge in [0, 0.05) is 23.9 Å². The van der Waals surface area contributed by atoms with Gasteiger partial charge in [-0.25, -0.2) is 9.97 Å². The first kappa shape index (κ1) is 13.8. The van der Waals surface area contributed by atoms with Gasteiger partial charge in [-0.1, -0.05) is 13.0 Å². The van der Waals surface area contributed by atoms with Crippen molar-refractivity contribution >= 4 is 23.0 Å². The number of anilines is 2. The van der Waals surface area contributed by atoms with Crippen molar-refractivity contribution in [2.45, 2.75) is 33.2 Å². The Balaban J connectivity index is 2.19. The molecule has 0 radical (unpaired) electrons. The molecule has 2 aromatic heterocycles. The second-order valence-electron chi connectivity index (χ2n) is 4.39. The lowest BCUT2D eigenvalue weighted by molar-refractivity contribution is 0.832. The van der Waals surface area contributed by atoms with Gasteiger partial charge in [0.25, 0.3) is 0 Å². The van der Waals surface area contributed by atoms with Gasteiger partial charge in [-0.15, -0.1) is 11.3 Å². The fraction of sp³-hybridized carbons (Fsp3) is 0.429. The zero-order valence-electron chi connectivity index (χ0n) is 11.7. The van der Waals surface area contributed by atoms with E-state index in [1.165, 1.54) is 4.88 Å². The van der Waals surface area contributed by atoms with Crippen molar-refractivity contribution in [3.63, 3.8) is 0 Å². The van der Waals surface area contributed by atoms with E-state index in [1.807, 2.05) is 14.0 Å². The fourth-order valence-electron chi connectivity index (χ4n) is 1.90. The van der Waals surface area contributed by atoms with E-state index < -0.39 is 0 Å². The van der Waals surface area contributed by atoms with Crippen LogP contribution in [0.25, 0.3) is 0 Å². The highest BCUT2D eigenvalue weighted by Gasteiger charge is 2.09. The lowest BCUT2D eigenvalue weighted by Crippen LogP contribution is -2.09. The maximum Gasteiger partial charge on any atom is 0.135 e. The van der Waals surface area contributed by atoms with Gasteiger partial charge in [0.2, 0.25) is 0 Å². The lowest BCUT2D eigenvalue weighted by Gasteiger charge is -2.13. The molecular weight excluding hydrogens is 256 g/mol. The summed E-state index contributed by atoms with van der Waals surface area (Å²) in [7, 11) is 1.90. The Morgan fingerprint density at radius 3 is 2.68 bits per heavy atom. The molecule has 2 rings (SSSR count). The van der Waals surface area contributed by atoms with E-state index in [9.17, 15) is 0 Å². The van der Waals surface area contributed by atoms with Gasteiger partial charge in [0.05, 0.1) is 6.54 Å². The van der Waals surface area contributed by atoms with E-state index >= 15 is 0 Å². The van der Waals surface area contributed by atoms with Crippen LogP contribution in [0, 0.1) is 6.92 Å². The smallest absolute Gasteiger partial charge is 0.135 e. The van der Waals surface area contributed by atoms with E-state index in [1.54, 1.807) is 11.3 Å². The van der Waals surface area contributed by atoms with Crippen molar-refractivity contribution < 1.29 is 0 Å². The van der Waals surface area contributed by atoms with Crippen LogP contribution in [-0.2, 0) is 13.0 Å². The molecule has 0 fully saturated rings. The summed E-state index contributed by atoms with van der Waals surface area (Å²) in [4.78, 5) is 10.4. The molecule has 0 atom stereocenters. The maximum absolute atomic E-state index is 4.61. The molecule has 2 N–H and O–H groups in total. The molecule has 19 heavy (non-hydrogen) atoms. The minimum Gasteiger partial charge on any atom is -0.373 e. The summed E-state index contributed by atoms with van der Waals surface area (Å²) in [6.07, 6.45) is 1.96. The van der Waals surface area contributed by atoms with E-state index in [4.69, 9.17) is 0 Å². The van der Waals surface area contributed by atoms with Crippen molar-refractivity contribution in [2.24, 2.45) is 0 Å². The Morgan fingerprint density at radius 1 is 1.26 bits per heavy atom. The largest absolute Gasteiger partial charge is 0.373 e. The van der Waals surface area contributed by atoms with Crippen LogP contribution in [0.2, 0.25) is 0 Å². The molecule has 0 aliphatic rings. The Kier molecular flexibility index (Phi) is 4.74. The Hall–Kier alpha value is -1.62. The van der Waals surface area contributed by atoms with Gasteiger partial charge < -0.3 is 10.6 Å². The van der Waals surface area contributed by atoms with Crippen molar-refractivity contribution in [1.82, 2.24) is 9.97 Å². The molecule has 2 heterocycles. The SMILES string of the molecule is CCCc1nc(NC)c(C)c(NCc2cccs2)n1. The van der Waals surface area contributed by atoms with Gasteiger partial charge in [-0.2, -0.15) is 0 Å². The maximum atomic E-state index is 4.61. The zero-order chi connectivity index (χ0) is 13.7. The lowest BCUT2D eigenvalue weighted by atomic mass is 10.2. The molecule has 2 aromatic rings. The molecule has 0 unspecified atom stereocenters. The second kappa shape index (κ2) is 6.52. The third kappa shape index (κ3) is 3.44. The quantitative estimate of drug-likeness (QED) is 0.848. The van der Waals surface area contributed by atoms with Crippen LogP contribution in [0.1, 0.15) is 29.6 Å². The first-order chi connectivity index (χ1) is 9.24. The molecular formula is C14H20N4S. The molecule has 0 aliphatic heterocycles. The topological polar surface area (TPSA) is 49.8 Å². The van der Waals surface area contributed by atoms with E-state index in [0.717, 1.165) is 42.4 Å². The highest BCUT2D eigenvalue weighted by Crippen LogP contribution is 2.21. The standard InChI is InChI=1S/C14H20N4S/c1-4-6-12-17-13(15-3)10(2)14(18-12)16-9-11-7-5-8-19-11/h5,7-8H,4,6,9H2,1-3H3,(H2,15,16,17,18). The van der Waals surface area contributed by atoms with Gasteiger partial charge in [-0.05, 0) is 24.8 Å². The van der Waals surface area contributed by atoms with Crippen molar-refractivity contribution in [3.8, 4) is 0 Å². The summed E-state index contributed by atoms with van der Waals surface area (Å²) < 4.78 is 0. The Bertz CT molecular complexity index is 522. The highest BCUT2D eigenvalue weighted by molar-refractivity contribution is 7.09. The fourth-order valence-corrected chi connectivity index (χ4v) is 2.54. The summed E-state index contributed by atoms with van der Waals surface area (Å²) in [6.45, 7) is 4.99. The van der Waals surface area contributed by atoms with E-state index in [2.05, 4.69) is 45.0 Å². The number of rotatable bonds is 6. The summed E-state index contributed by atoms with van der Waals surface area (Å²) >= 11 is 1.75. The summed E-state index contributed by atoms with van der Waals surface area (Å²) in [5, 5.41) is 8.64. The van der Waals surface area contributed by atoms with Crippen molar-refractivity contribution in [2.75, 3.05) is 17.7 Å². The van der Waals surface area contributed by atoms with Crippen LogP contribution in [0.5, 0.6) is 0 Å². The average molecular weight is 276 g/mol. The van der Waals surface area contributed by atoms with Crippen LogP contribution in [0.4, 0.5) is 11.6 Å². The number of aromatic nitrogens is 2. The molecule has 4 nitrogen and oxygen atoms in total. The third-order valence-electron chi connectivity index (χ3n) is 2.91. The Morgan fingerprint density at radius 2 is 2.05 bits per heavy atom. The minimum absolute atomic E-state index is 0.810. The number of nitrogens with one attached hydrogen (secondary N) is 2. The third-order valence-corrected chi connectivity index (χ3v) is 3.79. The molecule has 0 saturated carbocycles. The second-order valence-corrected chi connectivity index (χ2v) is 5.43. The summed E-state index contributed by atoms with van der Waals surface area (Å²) in [5.74, 6) is 2.73. The minimum atomic E-state index is 0.810. The summed E-state index contributed by atoms with van der Waals surface area (Å²) in [5.41, 5.74) is 1.07. The van der Waals surface area contributed by atoms with Gasteiger partial charge in [-0.3, -0.25) is 0 Å². The number of nitrogens with zero attached hydrogens (tertiary/aromatic N) is 2. The number of hydrogen-bond donors (Lipinski definition) is 2. The average Bonchev–Trinajstić information content (AvgIpc) is 2.92. The zero-order valence-corrected chi connectivity index (χ0v) is 12.5. The molecule has 102 valence electrons. The normalized spacial score (nSPS) is 10.5. The van der Waals surface area contributed by atoms with Crippen LogP contribution >= 0.6 is 11.3 Å². The number of thiophene rings is 1. The first-order valence-electron chi connectivity index (χ1n) is 6.56. The molecule has 0 saturated heterocycles. The molecule has 5 heteroatoms. The first-order valence-corrected chi connectivity index (χ1v) is 7.44. The molecule has 0 aromatic carbocycles. The Labute approximate surface area is 118 Å². The highest BCUT2D eigenvalue weighted by atomic mass is 32.1. The van der Waals surface area contributed by atoms with Crippen LogP contribution in [0.15, 0.2) is 17.5 Å². The van der Waals surface area contributed by atoms with Crippen LogP contribution in [0.3, 0.4) is 0 Å². The van der Waals surface area contributed by atoms with Crippen molar-refractivity contribution in [3.05, 3.63) is 33.8 Å². The van der Waals surface area contributed by atoms with Gasteiger partial charge in [0.15, 0.2) is 0 Å².